The van der Waals surface area contributed by atoms with Gasteiger partial charge < -0.3 is 5.32 Å². The first-order valence-electron chi connectivity index (χ1n) is 9.25. The van der Waals surface area contributed by atoms with Gasteiger partial charge in [0, 0.05) is 17.8 Å². The van der Waals surface area contributed by atoms with Crippen LogP contribution >= 0.6 is 11.8 Å². The quantitative estimate of drug-likeness (QED) is 0.211. The minimum absolute atomic E-state index is 0.0588. The number of aryl methyl sites for hydroxylation is 1. The van der Waals surface area contributed by atoms with E-state index in [0.29, 0.717) is 5.69 Å². The number of fused-ring (bicyclic) bond motifs is 1. The molecule has 1 amide bonds. The standard InChI is InChI=1S/C22H18N4O3S/c1-25-20-5-3-2-4-19(20)24-22(25)30-14-21(27)23-17-10-6-15(7-11-17)16-8-12-18(13-9-16)26(28)29/h2-13H,14H2,1H3,(H,23,27)/p+1. The Morgan fingerprint density at radius 3 is 2.30 bits per heavy atom. The van der Waals surface area contributed by atoms with Crippen molar-refractivity contribution in [1.82, 2.24) is 4.98 Å². The highest BCUT2D eigenvalue weighted by Gasteiger charge is 2.16. The fraction of sp³-hybridized carbons (Fsp3) is 0.0909. The molecule has 4 aromatic rings. The smallest absolute Gasteiger partial charge is 0.317 e. The Bertz CT molecular complexity index is 1220. The topological polar surface area (TPSA) is 91.9 Å². The van der Waals surface area contributed by atoms with Gasteiger partial charge in [0.25, 0.3) is 5.69 Å². The van der Waals surface area contributed by atoms with Gasteiger partial charge in [-0.05, 0) is 59.3 Å². The number of carbonyl (C=O) groups is 1. The second-order valence-electron chi connectivity index (χ2n) is 6.72. The molecule has 4 rings (SSSR count). The number of nitrogens with one attached hydrogen (secondary N) is 2. The summed E-state index contributed by atoms with van der Waals surface area (Å²) in [5.74, 6) is 0.187. The molecule has 1 aromatic heterocycles. The van der Waals surface area contributed by atoms with Gasteiger partial charge in [0.05, 0.1) is 17.7 Å². The van der Waals surface area contributed by atoms with Crippen LogP contribution in [0.1, 0.15) is 0 Å². The molecule has 150 valence electrons. The summed E-state index contributed by atoms with van der Waals surface area (Å²) in [6, 6.07) is 21.8. The Labute approximate surface area is 176 Å². The van der Waals surface area contributed by atoms with Gasteiger partial charge in [0.1, 0.15) is 0 Å². The maximum atomic E-state index is 12.3. The first kappa shape index (κ1) is 19.7. The molecular weight excluding hydrogens is 400 g/mol. The Hall–Kier alpha value is -3.65. The second kappa shape index (κ2) is 8.38. The lowest BCUT2D eigenvalue weighted by Gasteiger charge is -2.06. The summed E-state index contributed by atoms with van der Waals surface area (Å²) < 4.78 is 2.03. The molecule has 0 bridgehead atoms. The van der Waals surface area contributed by atoms with Gasteiger partial charge in [0.15, 0.2) is 11.0 Å². The van der Waals surface area contributed by atoms with Crippen molar-refractivity contribution in [2.45, 2.75) is 5.16 Å². The van der Waals surface area contributed by atoms with Crippen LogP contribution in [0.2, 0.25) is 0 Å². The van der Waals surface area contributed by atoms with Crippen molar-refractivity contribution in [3.05, 3.63) is 82.9 Å². The highest BCUT2D eigenvalue weighted by molar-refractivity contribution is 7.99. The number of hydrogen-bond donors (Lipinski definition) is 2. The number of imidazole rings is 1. The lowest BCUT2D eigenvalue weighted by molar-refractivity contribution is -0.683. The van der Waals surface area contributed by atoms with Gasteiger partial charge >= 0.3 is 5.16 Å². The lowest BCUT2D eigenvalue weighted by Crippen LogP contribution is -2.29. The number of benzene rings is 3. The van der Waals surface area contributed by atoms with E-state index in [-0.39, 0.29) is 17.3 Å². The molecule has 1 heterocycles. The molecule has 2 N–H and O–H groups in total. The van der Waals surface area contributed by atoms with Crippen LogP contribution in [0.3, 0.4) is 0 Å². The maximum absolute atomic E-state index is 12.3. The van der Waals surface area contributed by atoms with Crippen LogP contribution in [-0.2, 0) is 11.8 Å². The number of thioether (sulfide) groups is 1. The van der Waals surface area contributed by atoms with Crippen LogP contribution < -0.4 is 9.88 Å². The number of non-ortho nitro benzene ring substituents is 1. The zero-order valence-corrected chi connectivity index (χ0v) is 17.0. The van der Waals surface area contributed by atoms with Gasteiger partial charge in [0.2, 0.25) is 5.91 Å². The highest BCUT2D eigenvalue weighted by atomic mass is 32.2. The van der Waals surface area contributed by atoms with Gasteiger partial charge in [-0.15, -0.1) is 0 Å². The Morgan fingerprint density at radius 1 is 1.03 bits per heavy atom. The summed E-state index contributed by atoms with van der Waals surface area (Å²) in [7, 11) is 1.97. The Kier molecular flexibility index (Phi) is 5.49. The molecule has 0 fully saturated rings. The molecular formula is C22H19N4O3S+. The molecule has 0 aliphatic rings. The number of aromatic amines is 1. The highest BCUT2D eigenvalue weighted by Crippen LogP contribution is 2.24. The molecule has 8 heteroatoms. The molecule has 7 nitrogen and oxygen atoms in total. The van der Waals surface area contributed by atoms with E-state index >= 15 is 0 Å². The first-order valence-corrected chi connectivity index (χ1v) is 10.2. The van der Waals surface area contributed by atoms with Gasteiger partial charge in [-0.25, -0.2) is 9.55 Å². The van der Waals surface area contributed by atoms with Crippen molar-refractivity contribution in [3.63, 3.8) is 0 Å². The number of para-hydroxylation sites is 2. The molecule has 30 heavy (non-hydrogen) atoms. The van der Waals surface area contributed by atoms with Crippen molar-refractivity contribution in [1.29, 1.82) is 0 Å². The number of hydrogen-bond acceptors (Lipinski definition) is 4. The average molecular weight is 419 g/mol. The van der Waals surface area contributed by atoms with Crippen LogP contribution in [0.25, 0.3) is 22.2 Å². The van der Waals surface area contributed by atoms with E-state index in [2.05, 4.69) is 10.3 Å². The van der Waals surface area contributed by atoms with Crippen LogP contribution in [0, 0.1) is 10.1 Å². The van der Waals surface area contributed by atoms with Gasteiger partial charge in [-0.3, -0.25) is 14.9 Å². The lowest BCUT2D eigenvalue weighted by atomic mass is 10.1. The van der Waals surface area contributed by atoms with Crippen molar-refractivity contribution in [3.8, 4) is 11.1 Å². The normalized spacial score (nSPS) is 10.8. The average Bonchev–Trinajstić information content (AvgIpc) is 3.09. The van der Waals surface area contributed by atoms with Crippen LogP contribution in [0.15, 0.2) is 78.0 Å². The zero-order chi connectivity index (χ0) is 21.1. The van der Waals surface area contributed by atoms with Crippen molar-refractivity contribution in [2.24, 2.45) is 7.05 Å². The molecule has 0 aliphatic heterocycles. The van der Waals surface area contributed by atoms with Crippen LogP contribution in [0.5, 0.6) is 0 Å². The summed E-state index contributed by atoms with van der Waals surface area (Å²) in [4.78, 5) is 26.0. The molecule has 3 aromatic carbocycles. The van der Waals surface area contributed by atoms with Crippen LogP contribution in [0.4, 0.5) is 11.4 Å². The van der Waals surface area contributed by atoms with E-state index in [1.807, 2.05) is 60.1 Å². The van der Waals surface area contributed by atoms with E-state index < -0.39 is 4.92 Å². The summed E-state index contributed by atoms with van der Waals surface area (Å²) in [5, 5.41) is 14.6. The minimum Gasteiger partial charge on any atom is -0.325 e. The maximum Gasteiger partial charge on any atom is 0.317 e. The largest absolute Gasteiger partial charge is 0.325 e. The predicted octanol–water partition coefficient (Wildman–Crippen LogP) is 4.30. The zero-order valence-electron chi connectivity index (χ0n) is 16.2. The monoisotopic (exact) mass is 419 g/mol. The van der Waals surface area contributed by atoms with Gasteiger partial charge in [-0.1, -0.05) is 24.3 Å². The number of anilines is 1. The number of rotatable bonds is 6. The minimum atomic E-state index is -0.420. The molecule has 0 radical (unpaired) electrons. The molecule has 0 aliphatic carbocycles. The molecule has 0 atom stereocenters. The van der Waals surface area contributed by atoms with E-state index in [0.717, 1.165) is 27.3 Å². The van der Waals surface area contributed by atoms with Crippen molar-refractivity contribution < 1.29 is 14.3 Å². The Morgan fingerprint density at radius 2 is 1.67 bits per heavy atom. The third-order valence-electron chi connectivity index (χ3n) is 4.73. The van der Waals surface area contributed by atoms with E-state index in [1.165, 1.54) is 23.9 Å². The van der Waals surface area contributed by atoms with Crippen molar-refractivity contribution >= 4 is 40.1 Å². The van der Waals surface area contributed by atoms with E-state index in [9.17, 15) is 14.9 Å². The molecule has 0 unspecified atom stereocenters. The number of nitrogens with zero attached hydrogens (tertiary/aromatic N) is 2. The number of carbonyl (C=O) groups excluding carboxylic acids is 1. The number of nitro benzene ring substituents is 1. The summed E-state index contributed by atoms with van der Waals surface area (Å²) >= 11 is 1.44. The second-order valence-corrected chi connectivity index (χ2v) is 7.69. The summed E-state index contributed by atoms with van der Waals surface area (Å²) in [5.41, 5.74) is 4.67. The Balaban J connectivity index is 1.37. The predicted molar refractivity (Wildman–Crippen MR) is 117 cm³/mol. The van der Waals surface area contributed by atoms with Gasteiger partial charge in [-0.2, -0.15) is 0 Å². The number of aromatic nitrogens is 2. The van der Waals surface area contributed by atoms with Crippen LogP contribution in [-0.4, -0.2) is 21.6 Å². The SMILES string of the molecule is C[n+]1c(SCC(=O)Nc2ccc(-c3ccc([N+](=O)[O-])cc3)cc2)[nH]c2ccccc21. The molecule has 0 spiro atoms. The fourth-order valence-electron chi connectivity index (χ4n) is 3.17. The molecule has 0 saturated carbocycles. The molecule has 0 saturated heterocycles. The summed E-state index contributed by atoms with van der Waals surface area (Å²) in [6.07, 6.45) is 0. The number of nitro groups is 1. The number of amides is 1. The summed E-state index contributed by atoms with van der Waals surface area (Å²) in [6.45, 7) is 0. The van der Waals surface area contributed by atoms with E-state index in [4.69, 9.17) is 0 Å². The fourth-order valence-corrected chi connectivity index (χ4v) is 3.98. The number of H-pyrrole nitrogens is 1. The third-order valence-corrected chi connectivity index (χ3v) is 5.79. The first-order chi connectivity index (χ1) is 14.5. The van der Waals surface area contributed by atoms with E-state index in [1.54, 1.807) is 12.1 Å². The third kappa shape index (κ3) is 4.18. The van der Waals surface area contributed by atoms with Crippen molar-refractivity contribution in [2.75, 3.05) is 11.1 Å².